The van der Waals surface area contributed by atoms with E-state index in [1.165, 1.54) is 18.9 Å². The van der Waals surface area contributed by atoms with Crippen LogP contribution in [0.3, 0.4) is 0 Å². The average Bonchev–Trinajstić information content (AvgIpc) is 2.28. The smallest absolute Gasteiger partial charge is 0.250 e. The Morgan fingerprint density at radius 3 is 2.88 bits per heavy atom. The number of pyridine rings is 1. The van der Waals surface area contributed by atoms with Gasteiger partial charge < -0.3 is 15.0 Å². The molecule has 0 aliphatic rings. The minimum atomic E-state index is -0.0358. The number of aromatic nitrogens is 1. The number of hydrogen-bond acceptors (Lipinski definition) is 3. The van der Waals surface area contributed by atoms with Crippen LogP contribution >= 0.6 is 0 Å². The second kappa shape index (κ2) is 7.06. The van der Waals surface area contributed by atoms with Crippen molar-refractivity contribution in [3.05, 3.63) is 28.7 Å². The van der Waals surface area contributed by atoms with E-state index in [9.17, 15) is 4.79 Å². The van der Waals surface area contributed by atoms with Crippen LogP contribution in [0.15, 0.2) is 23.1 Å². The fourth-order valence-corrected chi connectivity index (χ4v) is 1.44. The number of nitrogen functional groups attached to an aromatic ring is 1. The molecule has 0 spiro atoms. The summed E-state index contributed by atoms with van der Waals surface area (Å²) in [5.74, 6) is 0. The summed E-state index contributed by atoms with van der Waals surface area (Å²) in [6.07, 6.45) is 5.12. The van der Waals surface area contributed by atoms with Gasteiger partial charge in [0.05, 0.1) is 6.61 Å². The average molecular weight is 224 g/mol. The van der Waals surface area contributed by atoms with Crippen molar-refractivity contribution in [2.24, 2.45) is 0 Å². The van der Waals surface area contributed by atoms with E-state index in [-0.39, 0.29) is 5.56 Å². The first kappa shape index (κ1) is 12.8. The highest BCUT2D eigenvalue weighted by Gasteiger charge is 1.96. The number of rotatable bonds is 7. The third-order valence-corrected chi connectivity index (χ3v) is 2.38. The van der Waals surface area contributed by atoms with Crippen molar-refractivity contribution in [1.29, 1.82) is 0 Å². The van der Waals surface area contributed by atoms with E-state index in [0.717, 1.165) is 13.0 Å². The topological polar surface area (TPSA) is 57.2 Å². The van der Waals surface area contributed by atoms with Crippen molar-refractivity contribution < 1.29 is 4.74 Å². The lowest BCUT2D eigenvalue weighted by Crippen LogP contribution is -2.21. The highest BCUT2D eigenvalue weighted by molar-refractivity contribution is 5.33. The summed E-state index contributed by atoms with van der Waals surface area (Å²) in [6, 6.07) is 3.09. The predicted molar refractivity (Wildman–Crippen MR) is 65.5 cm³/mol. The fourth-order valence-electron chi connectivity index (χ4n) is 1.44. The van der Waals surface area contributed by atoms with Gasteiger partial charge in [-0.15, -0.1) is 0 Å². The summed E-state index contributed by atoms with van der Waals surface area (Å²) < 4.78 is 7.01. The second-order valence-electron chi connectivity index (χ2n) is 3.81. The van der Waals surface area contributed by atoms with Crippen molar-refractivity contribution in [3.8, 4) is 0 Å². The lowest BCUT2D eigenvalue weighted by molar-refractivity contribution is 0.122. The van der Waals surface area contributed by atoms with E-state index < -0.39 is 0 Å². The third-order valence-electron chi connectivity index (χ3n) is 2.38. The van der Waals surface area contributed by atoms with Gasteiger partial charge in [-0.1, -0.05) is 19.8 Å². The monoisotopic (exact) mass is 224 g/mol. The molecule has 1 rings (SSSR count). The van der Waals surface area contributed by atoms with Crippen LogP contribution in [0.2, 0.25) is 0 Å². The van der Waals surface area contributed by atoms with Crippen LogP contribution in [-0.4, -0.2) is 17.8 Å². The zero-order valence-corrected chi connectivity index (χ0v) is 9.82. The molecule has 0 saturated heterocycles. The van der Waals surface area contributed by atoms with E-state index in [1.807, 2.05) is 0 Å². The minimum absolute atomic E-state index is 0.0358. The van der Waals surface area contributed by atoms with Gasteiger partial charge in [-0.05, 0) is 12.5 Å². The lowest BCUT2D eigenvalue weighted by Gasteiger charge is -2.07. The van der Waals surface area contributed by atoms with Crippen LogP contribution in [0.1, 0.15) is 26.2 Å². The molecule has 0 amide bonds. The Labute approximate surface area is 96.0 Å². The molecule has 1 aromatic rings. The molecular weight excluding hydrogens is 204 g/mol. The molecule has 2 N–H and O–H groups in total. The van der Waals surface area contributed by atoms with Crippen molar-refractivity contribution in [2.75, 3.05) is 18.9 Å². The Hall–Kier alpha value is -1.29. The summed E-state index contributed by atoms with van der Waals surface area (Å²) in [6.45, 7) is 4.06. The SMILES string of the molecule is CCCCCOCCn1cc(N)ccc1=O. The standard InChI is InChI=1S/C12H20N2O2/c1-2-3-4-8-16-9-7-14-10-11(13)5-6-12(14)15/h5-6,10H,2-4,7-9,13H2,1H3. The van der Waals surface area contributed by atoms with Crippen LogP contribution in [-0.2, 0) is 11.3 Å². The molecule has 0 atom stereocenters. The third kappa shape index (κ3) is 4.49. The molecule has 0 radical (unpaired) electrons. The molecule has 4 nitrogen and oxygen atoms in total. The number of ether oxygens (including phenoxy) is 1. The summed E-state index contributed by atoms with van der Waals surface area (Å²) in [5.41, 5.74) is 6.16. The number of unbranched alkanes of at least 4 members (excludes halogenated alkanes) is 2. The van der Waals surface area contributed by atoms with E-state index in [1.54, 1.807) is 16.8 Å². The second-order valence-corrected chi connectivity index (χ2v) is 3.81. The van der Waals surface area contributed by atoms with Gasteiger partial charge in [-0.2, -0.15) is 0 Å². The van der Waals surface area contributed by atoms with Crippen LogP contribution in [0, 0.1) is 0 Å². The van der Waals surface area contributed by atoms with Gasteiger partial charge >= 0.3 is 0 Å². The van der Waals surface area contributed by atoms with Crippen molar-refractivity contribution >= 4 is 5.69 Å². The first-order chi connectivity index (χ1) is 7.74. The van der Waals surface area contributed by atoms with E-state index in [4.69, 9.17) is 10.5 Å². The zero-order chi connectivity index (χ0) is 11.8. The van der Waals surface area contributed by atoms with Crippen LogP contribution < -0.4 is 11.3 Å². The Kier molecular flexibility index (Phi) is 5.64. The highest BCUT2D eigenvalue weighted by atomic mass is 16.5. The maximum Gasteiger partial charge on any atom is 0.250 e. The van der Waals surface area contributed by atoms with Gasteiger partial charge in [0.1, 0.15) is 0 Å². The molecule has 0 aliphatic heterocycles. The van der Waals surface area contributed by atoms with Gasteiger partial charge in [0, 0.05) is 31.1 Å². The normalized spacial score (nSPS) is 10.6. The first-order valence-corrected chi connectivity index (χ1v) is 5.77. The molecule has 0 aliphatic carbocycles. The van der Waals surface area contributed by atoms with Crippen LogP contribution in [0.25, 0.3) is 0 Å². The maximum absolute atomic E-state index is 11.4. The zero-order valence-electron chi connectivity index (χ0n) is 9.82. The van der Waals surface area contributed by atoms with Gasteiger partial charge in [-0.25, -0.2) is 0 Å². The fraction of sp³-hybridized carbons (Fsp3) is 0.583. The number of nitrogens with zero attached hydrogens (tertiary/aromatic N) is 1. The van der Waals surface area contributed by atoms with Crippen molar-refractivity contribution in [1.82, 2.24) is 4.57 Å². The van der Waals surface area contributed by atoms with Gasteiger partial charge in [-0.3, -0.25) is 4.79 Å². The quantitative estimate of drug-likeness (QED) is 0.716. The molecule has 90 valence electrons. The van der Waals surface area contributed by atoms with Crippen LogP contribution in [0.5, 0.6) is 0 Å². The molecule has 0 aromatic carbocycles. The lowest BCUT2D eigenvalue weighted by atomic mass is 10.3. The molecule has 4 heteroatoms. The Bertz CT molecular complexity index is 360. The maximum atomic E-state index is 11.4. The molecule has 1 aromatic heterocycles. The summed E-state index contributed by atoms with van der Waals surface area (Å²) in [5, 5.41) is 0. The van der Waals surface area contributed by atoms with Gasteiger partial charge in [0.15, 0.2) is 0 Å². The van der Waals surface area contributed by atoms with E-state index >= 15 is 0 Å². The molecular formula is C12H20N2O2. The summed E-state index contributed by atoms with van der Waals surface area (Å²) in [4.78, 5) is 11.4. The molecule has 0 unspecified atom stereocenters. The number of anilines is 1. The molecule has 0 bridgehead atoms. The largest absolute Gasteiger partial charge is 0.398 e. The number of hydrogen-bond donors (Lipinski definition) is 1. The molecule has 0 fully saturated rings. The van der Waals surface area contributed by atoms with E-state index in [0.29, 0.717) is 18.8 Å². The van der Waals surface area contributed by atoms with Crippen molar-refractivity contribution in [2.45, 2.75) is 32.7 Å². The van der Waals surface area contributed by atoms with Gasteiger partial charge in [0.2, 0.25) is 0 Å². The van der Waals surface area contributed by atoms with Crippen molar-refractivity contribution in [3.63, 3.8) is 0 Å². The highest BCUT2D eigenvalue weighted by Crippen LogP contribution is 1.97. The van der Waals surface area contributed by atoms with E-state index in [2.05, 4.69) is 6.92 Å². The number of nitrogens with two attached hydrogens (primary N) is 1. The summed E-state index contributed by atoms with van der Waals surface area (Å²) >= 11 is 0. The Morgan fingerprint density at radius 1 is 1.31 bits per heavy atom. The predicted octanol–water partition coefficient (Wildman–Crippen LogP) is 1.64. The van der Waals surface area contributed by atoms with Gasteiger partial charge in [0.25, 0.3) is 5.56 Å². The molecule has 16 heavy (non-hydrogen) atoms. The first-order valence-electron chi connectivity index (χ1n) is 5.77. The summed E-state index contributed by atoms with van der Waals surface area (Å²) in [7, 11) is 0. The Morgan fingerprint density at radius 2 is 2.12 bits per heavy atom. The molecule has 1 heterocycles. The Balaban J connectivity index is 2.26. The minimum Gasteiger partial charge on any atom is -0.398 e. The molecule has 0 saturated carbocycles. The van der Waals surface area contributed by atoms with Crippen LogP contribution in [0.4, 0.5) is 5.69 Å².